The molecule has 0 aromatic carbocycles. The Hall–Kier alpha value is -1.26. The van der Waals surface area contributed by atoms with Crippen LogP contribution in [-0.4, -0.2) is 30.0 Å². The lowest BCUT2D eigenvalue weighted by Crippen LogP contribution is -2.46. The normalized spacial score (nSPS) is 9.73. The van der Waals surface area contributed by atoms with Crippen LogP contribution in [0.3, 0.4) is 0 Å². The summed E-state index contributed by atoms with van der Waals surface area (Å²) in [5.41, 5.74) is 4.97. The molecule has 4 N–H and O–H groups in total. The third kappa shape index (κ3) is 6.76. The number of nitrogens with zero attached hydrogens (tertiary/aromatic N) is 1. The molecular formula is C10H22N4O. The Balaban J connectivity index is 4.07. The minimum absolute atomic E-state index is 0.115. The topological polar surface area (TPSA) is 82.2 Å². The van der Waals surface area contributed by atoms with E-state index in [1.54, 1.807) is 0 Å². The molecule has 5 heteroatoms. The molecule has 0 atom stereocenters. The summed E-state index contributed by atoms with van der Waals surface area (Å²) in [4.78, 5) is 12.5. The van der Waals surface area contributed by atoms with Crippen molar-refractivity contribution in [1.29, 1.82) is 5.41 Å². The number of carbonyl (C=O) groups is 1. The maximum absolute atomic E-state index is 10.6. The second-order valence-electron chi connectivity index (χ2n) is 3.53. The molecular weight excluding hydrogens is 192 g/mol. The Morgan fingerprint density at radius 1 is 1.27 bits per heavy atom. The van der Waals surface area contributed by atoms with Crippen LogP contribution in [0.25, 0.3) is 0 Å². The van der Waals surface area contributed by atoms with Crippen molar-refractivity contribution in [3.8, 4) is 0 Å². The summed E-state index contributed by atoms with van der Waals surface area (Å²) in [6.45, 7) is 5.80. The first-order valence-corrected chi connectivity index (χ1v) is 5.51. The quantitative estimate of drug-likeness (QED) is 0.462. The summed E-state index contributed by atoms with van der Waals surface area (Å²) < 4.78 is 0. The van der Waals surface area contributed by atoms with Crippen molar-refractivity contribution in [3.63, 3.8) is 0 Å². The average molecular weight is 214 g/mol. The molecule has 0 fully saturated rings. The first-order valence-electron chi connectivity index (χ1n) is 5.51. The number of guanidine groups is 1. The fraction of sp³-hybridized carbons (Fsp3) is 0.800. The smallest absolute Gasteiger partial charge is 0.318 e. The van der Waals surface area contributed by atoms with E-state index in [9.17, 15) is 4.79 Å². The van der Waals surface area contributed by atoms with Crippen LogP contribution in [0.4, 0.5) is 4.79 Å². The highest BCUT2D eigenvalue weighted by Gasteiger charge is 2.09. The van der Waals surface area contributed by atoms with Gasteiger partial charge in [0.25, 0.3) is 0 Å². The van der Waals surface area contributed by atoms with Gasteiger partial charge in [0.15, 0.2) is 5.96 Å². The number of rotatable bonds is 6. The Kier molecular flexibility index (Phi) is 7.40. The molecule has 0 heterocycles. The molecule has 0 radical (unpaired) electrons. The summed E-state index contributed by atoms with van der Waals surface area (Å²) in [7, 11) is 0. The number of hydrogen-bond donors (Lipinski definition) is 3. The monoisotopic (exact) mass is 214 g/mol. The van der Waals surface area contributed by atoms with Gasteiger partial charge in [-0.25, -0.2) is 4.79 Å². The van der Waals surface area contributed by atoms with Gasteiger partial charge in [-0.2, -0.15) is 0 Å². The van der Waals surface area contributed by atoms with Crippen molar-refractivity contribution in [2.75, 3.05) is 13.1 Å². The number of nitrogens with two attached hydrogens (primary N) is 1. The lowest BCUT2D eigenvalue weighted by Gasteiger charge is -2.24. The van der Waals surface area contributed by atoms with Crippen molar-refractivity contribution in [3.05, 3.63) is 0 Å². The van der Waals surface area contributed by atoms with Gasteiger partial charge in [0, 0.05) is 13.1 Å². The molecule has 0 saturated heterocycles. The molecule has 2 amide bonds. The highest BCUT2D eigenvalue weighted by Crippen LogP contribution is 1.98. The van der Waals surface area contributed by atoms with E-state index in [-0.39, 0.29) is 5.96 Å². The van der Waals surface area contributed by atoms with Gasteiger partial charge in [-0.1, -0.05) is 26.7 Å². The molecule has 0 bridgehead atoms. The summed E-state index contributed by atoms with van der Waals surface area (Å²) >= 11 is 0. The number of nitrogens with one attached hydrogen (secondary N) is 2. The molecule has 15 heavy (non-hydrogen) atoms. The predicted octanol–water partition coefficient (Wildman–Crippen LogP) is 1.49. The molecule has 0 aromatic rings. The summed E-state index contributed by atoms with van der Waals surface area (Å²) in [6, 6.07) is -0.669. The fourth-order valence-corrected chi connectivity index (χ4v) is 1.23. The molecule has 0 unspecified atom stereocenters. The Bertz CT molecular complexity index is 198. The van der Waals surface area contributed by atoms with Gasteiger partial charge in [-0.15, -0.1) is 0 Å². The second-order valence-corrected chi connectivity index (χ2v) is 3.53. The summed E-state index contributed by atoms with van der Waals surface area (Å²) in [6.07, 6.45) is 4.19. The summed E-state index contributed by atoms with van der Waals surface area (Å²) in [5, 5.41) is 9.96. The highest BCUT2D eigenvalue weighted by atomic mass is 16.2. The Morgan fingerprint density at radius 3 is 2.07 bits per heavy atom. The molecule has 0 aliphatic heterocycles. The fourth-order valence-electron chi connectivity index (χ4n) is 1.23. The first-order chi connectivity index (χ1) is 7.11. The van der Waals surface area contributed by atoms with Gasteiger partial charge in [-0.3, -0.25) is 10.7 Å². The molecule has 0 aliphatic rings. The average Bonchev–Trinajstić information content (AvgIpc) is 2.17. The van der Waals surface area contributed by atoms with Crippen LogP contribution >= 0.6 is 0 Å². The number of unbranched alkanes of at least 4 members (excludes halogenated alkanes) is 2. The van der Waals surface area contributed by atoms with Crippen LogP contribution in [0.5, 0.6) is 0 Å². The molecule has 0 spiro atoms. The van der Waals surface area contributed by atoms with Crippen LogP contribution in [0, 0.1) is 5.41 Å². The second kappa shape index (κ2) is 8.08. The van der Waals surface area contributed by atoms with E-state index in [4.69, 9.17) is 11.1 Å². The van der Waals surface area contributed by atoms with E-state index in [0.717, 1.165) is 38.8 Å². The number of hydrogen-bond acceptors (Lipinski definition) is 2. The maximum Gasteiger partial charge on any atom is 0.318 e. The molecule has 0 aliphatic carbocycles. The van der Waals surface area contributed by atoms with Crippen LogP contribution in [-0.2, 0) is 0 Å². The van der Waals surface area contributed by atoms with Gasteiger partial charge in [0.05, 0.1) is 0 Å². The van der Waals surface area contributed by atoms with E-state index in [2.05, 4.69) is 19.2 Å². The lowest BCUT2D eigenvalue weighted by atomic mass is 10.3. The zero-order valence-corrected chi connectivity index (χ0v) is 9.68. The Morgan fingerprint density at radius 2 is 1.73 bits per heavy atom. The van der Waals surface area contributed by atoms with Crippen LogP contribution in [0.1, 0.15) is 39.5 Å². The van der Waals surface area contributed by atoms with Crippen molar-refractivity contribution in [1.82, 2.24) is 10.2 Å². The SMILES string of the molecule is CCCCN(CCCC)C(=N)NC(N)=O. The van der Waals surface area contributed by atoms with E-state index < -0.39 is 6.03 Å². The third-order valence-electron chi connectivity index (χ3n) is 2.12. The van der Waals surface area contributed by atoms with Crippen LogP contribution in [0.2, 0.25) is 0 Å². The predicted molar refractivity (Wildman–Crippen MR) is 61.8 cm³/mol. The van der Waals surface area contributed by atoms with Gasteiger partial charge in [-0.05, 0) is 12.8 Å². The standard InChI is InChI=1S/C10H22N4O/c1-3-5-7-14(8-6-4-2)9(11)13-10(12)15/h3-8H2,1-2H3,(H4,11,12,13,15). The highest BCUT2D eigenvalue weighted by molar-refractivity contribution is 5.93. The molecule has 0 aromatic heterocycles. The minimum atomic E-state index is -0.669. The number of amides is 2. The number of carbonyl (C=O) groups excluding carboxylic acids is 1. The van der Waals surface area contributed by atoms with Crippen molar-refractivity contribution < 1.29 is 4.79 Å². The van der Waals surface area contributed by atoms with E-state index in [1.807, 2.05) is 4.90 Å². The largest absolute Gasteiger partial charge is 0.351 e. The molecule has 5 nitrogen and oxygen atoms in total. The number of primary amides is 1. The maximum atomic E-state index is 10.6. The molecule has 0 rings (SSSR count). The van der Waals surface area contributed by atoms with Gasteiger partial charge >= 0.3 is 6.03 Å². The minimum Gasteiger partial charge on any atom is -0.351 e. The molecule has 88 valence electrons. The van der Waals surface area contributed by atoms with Gasteiger partial charge < -0.3 is 10.6 Å². The number of urea groups is 1. The zero-order valence-electron chi connectivity index (χ0n) is 9.68. The van der Waals surface area contributed by atoms with Gasteiger partial charge in [0.2, 0.25) is 0 Å². The van der Waals surface area contributed by atoms with Crippen molar-refractivity contribution in [2.24, 2.45) is 5.73 Å². The van der Waals surface area contributed by atoms with Crippen LogP contribution < -0.4 is 11.1 Å². The van der Waals surface area contributed by atoms with E-state index in [0.29, 0.717) is 0 Å². The Labute approximate surface area is 91.5 Å². The zero-order chi connectivity index (χ0) is 11.7. The van der Waals surface area contributed by atoms with Gasteiger partial charge in [0.1, 0.15) is 0 Å². The van der Waals surface area contributed by atoms with Crippen molar-refractivity contribution in [2.45, 2.75) is 39.5 Å². The van der Waals surface area contributed by atoms with E-state index >= 15 is 0 Å². The van der Waals surface area contributed by atoms with E-state index in [1.165, 1.54) is 0 Å². The lowest BCUT2D eigenvalue weighted by molar-refractivity contribution is 0.251. The first kappa shape index (κ1) is 13.7. The molecule has 0 saturated carbocycles. The summed E-state index contributed by atoms with van der Waals surface area (Å²) in [5.74, 6) is 0.115. The van der Waals surface area contributed by atoms with Crippen molar-refractivity contribution >= 4 is 12.0 Å². The van der Waals surface area contributed by atoms with Crippen LogP contribution in [0.15, 0.2) is 0 Å². The third-order valence-corrected chi connectivity index (χ3v) is 2.12.